The fraction of sp³-hybridized carbons (Fsp3) is 0.289. The van der Waals surface area contributed by atoms with E-state index in [1.807, 2.05) is 49.1 Å². The predicted molar refractivity (Wildman–Crippen MR) is 216 cm³/mol. The molecule has 2 unspecified atom stereocenters. The Morgan fingerprint density at radius 1 is 0.589 bits per heavy atom. The van der Waals surface area contributed by atoms with Gasteiger partial charge in [0.1, 0.15) is 5.75 Å². The van der Waals surface area contributed by atoms with Crippen LogP contribution in [0.3, 0.4) is 0 Å². The van der Waals surface area contributed by atoms with Crippen LogP contribution in [0.25, 0.3) is 11.1 Å². The zero-order chi connectivity index (χ0) is 38.8. The van der Waals surface area contributed by atoms with E-state index < -0.39 is 0 Å². The molecule has 0 fully saturated rings. The minimum Gasteiger partial charge on any atom is -0.497 e. The fourth-order valence-electron chi connectivity index (χ4n) is 7.46. The van der Waals surface area contributed by atoms with Crippen LogP contribution < -0.4 is 23.7 Å². The Morgan fingerprint density at radius 2 is 1.05 bits per heavy atom. The van der Waals surface area contributed by atoms with Crippen molar-refractivity contribution in [3.63, 3.8) is 0 Å². The summed E-state index contributed by atoms with van der Waals surface area (Å²) in [4.78, 5) is 40.4. The van der Waals surface area contributed by atoms with E-state index in [4.69, 9.17) is 33.7 Å². The van der Waals surface area contributed by atoms with Crippen molar-refractivity contribution in [2.75, 3.05) is 34.5 Å². The van der Waals surface area contributed by atoms with Crippen LogP contribution in [0.15, 0.2) is 95.2 Å². The number of aliphatic imine (C=N–C) groups is 2. The fourth-order valence-corrected chi connectivity index (χ4v) is 7.46. The van der Waals surface area contributed by atoms with Gasteiger partial charge in [0.25, 0.3) is 11.8 Å². The summed E-state index contributed by atoms with van der Waals surface area (Å²) in [6.45, 7) is 2.97. The van der Waals surface area contributed by atoms with E-state index >= 15 is 0 Å². The lowest BCUT2D eigenvalue weighted by atomic mass is 10.0. The number of hydrogen-bond donors (Lipinski definition) is 0. The van der Waals surface area contributed by atoms with Crippen molar-refractivity contribution in [1.82, 2.24) is 9.80 Å². The number of carbonyl (C=O) groups is 2. The van der Waals surface area contributed by atoms with Crippen LogP contribution in [0.5, 0.6) is 28.7 Å². The number of unbranched alkanes of at least 4 members (excludes halogenated alkanes) is 2. The van der Waals surface area contributed by atoms with Gasteiger partial charge in [-0.3, -0.25) is 19.6 Å². The van der Waals surface area contributed by atoms with Crippen LogP contribution in [0.4, 0.5) is 11.4 Å². The second-order valence-electron chi connectivity index (χ2n) is 14.2. The van der Waals surface area contributed by atoms with Gasteiger partial charge in [0.05, 0.1) is 69.1 Å². The lowest BCUT2D eigenvalue weighted by Crippen LogP contribution is -2.32. The number of rotatable bonds is 13. The maximum absolute atomic E-state index is 13.7. The van der Waals surface area contributed by atoms with Gasteiger partial charge in [0.2, 0.25) is 0 Å². The van der Waals surface area contributed by atoms with Gasteiger partial charge in [-0.15, -0.1) is 0 Å². The summed E-state index contributed by atoms with van der Waals surface area (Å²) in [5, 5.41) is 0. The summed E-state index contributed by atoms with van der Waals surface area (Å²) in [6.07, 6.45) is 11.3. The van der Waals surface area contributed by atoms with Gasteiger partial charge >= 0.3 is 0 Å². The van der Waals surface area contributed by atoms with Crippen LogP contribution in [0.2, 0.25) is 0 Å². The molecule has 11 heteroatoms. The third-order valence-electron chi connectivity index (χ3n) is 10.6. The first-order chi connectivity index (χ1) is 27.3. The Labute approximate surface area is 326 Å². The van der Waals surface area contributed by atoms with Crippen LogP contribution in [0, 0.1) is 6.92 Å². The molecule has 0 saturated heterocycles. The van der Waals surface area contributed by atoms with Crippen molar-refractivity contribution < 1.29 is 33.3 Å². The molecule has 8 rings (SSSR count). The molecular weight excluding hydrogens is 709 g/mol. The molecule has 4 aliphatic rings. The minimum absolute atomic E-state index is 0.115. The van der Waals surface area contributed by atoms with E-state index in [1.165, 1.54) is 5.56 Å². The summed E-state index contributed by atoms with van der Waals surface area (Å²) >= 11 is 0. The van der Waals surface area contributed by atoms with Gasteiger partial charge in [0.15, 0.2) is 23.0 Å². The molecule has 0 radical (unpaired) electrons. The SMILES string of the molecule is COc1ccc(C2=CN3C(=O)c4cc(OC)c(OCCCCCOc5cc6c(cc5OC)C(=O)N5C=C(c7ccc(C)cc7)CC5C=N6)cc4N=CC3C2)cc1. The number of benzene rings is 4. The lowest BCUT2D eigenvalue weighted by Gasteiger charge is -2.19. The van der Waals surface area contributed by atoms with Gasteiger partial charge in [-0.2, -0.15) is 0 Å². The van der Waals surface area contributed by atoms with Gasteiger partial charge < -0.3 is 33.5 Å². The molecule has 56 heavy (non-hydrogen) atoms. The number of ether oxygens (including phenoxy) is 5. The number of aryl methyl sites for hydroxylation is 1. The number of carbonyl (C=O) groups excluding carboxylic acids is 2. The Morgan fingerprint density at radius 3 is 1.50 bits per heavy atom. The molecule has 4 aromatic rings. The van der Waals surface area contributed by atoms with Crippen molar-refractivity contribution in [2.45, 2.75) is 51.1 Å². The summed E-state index contributed by atoms with van der Waals surface area (Å²) < 4.78 is 28.9. The molecule has 0 aromatic heterocycles. The number of fused-ring (bicyclic) bond motifs is 4. The van der Waals surface area contributed by atoms with Crippen LogP contribution in [-0.2, 0) is 0 Å². The quantitative estimate of drug-likeness (QED) is 0.126. The van der Waals surface area contributed by atoms with E-state index in [0.29, 0.717) is 71.6 Å². The highest BCUT2D eigenvalue weighted by atomic mass is 16.5. The summed E-state index contributed by atoms with van der Waals surface area (Å²) in [5.74, 6) is 2.59. The van der Waals surface area contributed by atoms with Crippen molar-refractivity contribution in [3.8, 4) is 28.7 Å². The molecule has 4 heterocycles. The van der Waals surface area contributed by atoms with E-state index in [9.17, 15) is 9.59 Å². The molecule has 4 aromatic carbocycles. The van der Waals surface area contributed by atoms with Gasteiger partial charge in [-0.05, 0) is 72.7 Å². The van der Waals surface area contributed by atoms with Crippen molar-refractivity contribution in [2.24, 2.45) is 9.98 Å². The number of hydrogen-bond acceptors (Lipinski definition) is 9. The Bertz CT molecular complexity index is 2280. The number of methoxy groups -OCH3 is 3. The first kappa shape index (κ1) is 36.6. The largest absolute Gasteiger partial charge is 0.497 e. The van der Waals surface area contributed by atoms with Gasteiger partial charge in [-0.25, -0.2) is 0 Å². The molecule has 2 amide bonds. The second kappa shape index (κ2) is 15.8. The average molecular weight is 753 g/mol. The number of nitrogens with zero attached hydrogens (tertiary/aromatic N) is 4. The lowest BCUT2D eigenvalue weighted by molar-refractivity contribution is 0.0809. The van der Waals surface area contributed by atoms with Gasteiger partial charge in [-0.1, -0.05) is 42.0 Å². The molecule has 0 spiro atoms. The summed E-state index contributed by atoms with van der Waals surface area (Å²) in [5.41, 5.74) is 7.58. The molecule has 11 nitrogen and oxygen atoms in total. The molecule has 286 valence electrons. The molecule has 2 atom stereocenters. The second-order valence-corrected chi connectivity index (χ2v) is 14.2. The third-order valence-corrected chi connectivity index (χ3v) is 10.6. The highest BCUT2D eigenvalue weighted by Gasteiger charge is 2.35. The minimum atomic E-state index is -0.182. The molecular formula is C45H44N4O7. The van der Waals surface area contributed by atoms with Crippen LogP contribution in [0.1, 0.15) is 69.5 Å². The third kappa shape index (κ3) is 7.24. The van der Waals surface area contributed by atoms with Crippen molar-refractivity contribution in [3.05, 3.63) is 113 Å². The van der Waals surface area contributed by atoms with Crippen LogP contribution in [-0.4, -0.2) is 80.7 Å². The molecule has 0 N–H and O–H groups in total. The monoisotopic (exact) mass is 752 g/mol. The van der Waals surface area contributed by atoms with Crippen molar-refractivity contribution >= 4 is 46.8 Å². The molecule has 0 saturated carbocycles. The molecule has 0 bridgehead atoms. The van der Waals surface area contributed by atoms with Crippen LogP contribution >= 0.6 is 0 Å². The zero-order valence-corrected chi connectivity index (χ0v) is 32.0. The predicted octanol–water partition coefficient (Wildman–Crippen LogP) is 8.59. The Hall–Kier alpha value is -6.36. The smallest absolute Gasteiger partial charge is 0.260 e. The van der Waals surface area contributed by atoms with E-state index in [2.05, 4.69) is 31.2 Å². The topological polar surface area (TPSA) is 111 Å². The maximum atomic E-state index is 13.7. The van der Waals surface area contributed by atoms with E-state index in [0.717, 1.165) is 47.3 Å². The maximum Gasteiger partial charge on any atom is 0.260 e. The Kier molecular flexibility index (Phi) is 10.3. The summed E-state index contributed by atoms with van der Waals surface area (Å²) in [7, 11) is 4.78. The first-order valence-corrected chi connectivity index (χ1v) is 18.9. The van der Waals surface area contributed by atoms with Gasteiger partial charge in [0, 0.05) is 49.8 Å². The standard InChI is InChI=1S/C45H44N4O7/c1-28-8-10-29(11-9-28)31-18-33-24-46-38-22-42(40(53-3)20-36(38)44(50)48(33)26-31)55-16-6-5-7-17-56-43-23-39-37(21-41(43)54-4)45(51)49-27-32(19-34(49)25-47-39)30-12-14-35(52-2)15-13-30/h8-15,20-27,33-34H,5-7,16-19H2,1-4H3. The zero-order valence-electron chi connectivity index (χ0n) is 32.0. The van der Waals surface area contributed by atoms with E-state index in [1.54, 1.807) is 55.4 Å². The first-order valence-electron chi connectivity index (χ1n) is 18.9. The van der Waals surface area contributed by atoms with Crippen molar-refractivity contribution in [1.29, 1.82) is 0 Å². The highest BCUT2D eigenvalue weighted by Crippen LogP contribution is 2.42. The molecule has 4 aliphatic heterocycles. The molecule has 0 aliphatic carbocycles. The highest BCUT2D eigenvalue weighted by molar-refractivity contribution is 6.06. The number of amides is 2. The van der Waals surface area contributed by atoms with E-state index in [-0.39, 0.29) is 23.9 Å². The average Bonchev–Trinajstić information content (AvgIpc) is 3.80. The Balaban J connectivity index is 0.849. The summed E-state index contributed by atoms with van der Waals surface area (Å²) in [6, 6.07) is 22.9. The normalized spacial score (nSPS) is 17.9.